The molecular weight excluding hydrogens is 308 g/mol. The van der Waals surface area contributed by atoms with Crippen LogP contribution < -0.4 is 5.32 Å². The largest absolute Gasteiger partial charge is 0.444 e. The summed E-state index contributed by atoms with van der Waals surface area (Å²) in [6.07, 6.45) is 1.29. The first kappa shape index (κ1) is 19.7. The van der Waals surface area contributed by atoms with Crippen LogP contribution in [0, 0.1) is 0 Å². The maximum atomic E-state index is 12.2. The molecule has 1 heterocycles. The average Bonchev–Trinajstić information content (AvgIpc) is 2.52. The van der Waals surface area contributed by atoms with E-state index in [0.29, 0.717) is 13.1 Å². The molecule has 1 atom stereocenters. The first-order valence-electron chi connectivity index (χ1n) is 7.97. The van der Waals surface area contributed by atoms with Gasteiger partial charge in [-0.15, -0.1) is 0 Å². The summed E-state index contributed by atoms with van der Waals surface area (Å²) in [4.78, 5) is 31.3. The van der Waals surface area contributed by atoms with Gasteiger partial charge in [-0.25, -0.2) is 9.59 Å². The lowest BCUT2D eigenvalue weighted by Crippen LogP contribution is -2.43. The van der Waals surface area contributed by atoms with E-state index in [4.69, 9.17) is 4.74 Å². The zero-order valence-electron chi connectivity index (χ0n) is 15.4. The van der Waals surface area contributed by atoms with Crippen molar-refractivity contribution in [3.63, 3.8) is 0 Å². The van der Waals surface area contributed by atoms with Crippen molar-refractivity contribution >= 4 is 12.1 Å². The molecule has 7 nitrogen and oxygen atoms in total. The van der Waals surface area contributed by atoms with E-state index in [1.807, 2.05) is 45.9 Å². The molecule has 0 unspecified atom stereocenters. The van der Waals surface area contributed by atoms with E-state index >= 15 is 0 Å². The highest BCUT2D eigenvalue weighted by atomic mass is 16.6. The van der Waals surface area contributed by atoms with E-state index in [2.05, 4.69) is 10.3 Å². The van der Waals surface area contributed by atoms with Gasteiger partial charge in [0.25, 0.3) is 0 Å². The van der Waals surface area contributed by atoms with Crippen LogP contribution in [0.3, 0.4) is 0 Å². The van der Waals surface area contributed by atoms with E-state index in [1.54, 1.807) is 25.2 Å². The third-order valence-corrected chi connectivity index (χ3v) is 3.45. The Bertz CT molecular complexity index is 543. The van der Waals surface area contributed by atoms with Crippen LogP contribution >= 0.6 is 0 Å². The molecule has 0 saturated carbocycles. The van der Waals surface area contributed by atoms with Crippen molar-refractivity contribution in [2.75, 3.05) is 27.2 Å². The Hall–Kier alpha value is -2.31. The molecule has 3 amide bonds. The fourth-order valence-electron chi connectivity index (χ4n) is 1.88. The van der Waals surface area contributed by atoms with Gasteiger partial charge in [0.15, 0.2) is 0 Å². The van der Waals surface area contributed by atoms with Gasteiger partial charge in [0.05, 0.1) is 11.7 Å². The number of hydrogen-bond donors (Lipinski definition) is 1. The van der Waals surface area contributed by atoms with Crippen molar-refractivity contribution in [1.82, 2.24) is 20.1 Å². The van der Waals surface area contributed by atoms with Crippen molar-refractivity contribution in [1.29, 1.82) is 0 Å². The van der Waals surface area contributed by atoms with Crippen LogP contribution in [0.2, 0.25) is 0 Å². The number of aromatic nitrogens is 1. The molecule has 0 aliphatic rings. The number of urea groups is 1. The summed E-state index contributed by atoms with van der Waals surface area (Å²) < 4.78 is 5.26. The summed E-state index contributed by atoms with van der Waals surface area (Å²) in [5, 5.41) is 2.79. The topological polar surface area (TPSA) is 74.8 Å². The molecule has 0 aliphatic heterocycles. The number of rotatable bonds is 5. The number of likely N-dealkylation sites (N-methyl/N-ethyl adjacent to an activating group) is 1. The molecule has 1 aromatic heterocycles. The van der Waals surface area contributed by atoms with Gasteiger partial charge in [0.1, 0.15) is 5.60 Å². The summed E-state index contributed by atoms with van der Waals surface area (Å²) in [5.74, 6) is 0. The summed E-state index contributed by atoms with van der Waals surface area (Å²) in [7, 11) is 3.35. The Morgan fingerprint density at radius 3 is 2.50 bits per heavy atom. The van der Waals surface area contributed by atoms with E-state index < -0.39 is 11.7 Å². The van der Waals surface area contributed by atoms with Crippen LogP contribution in [0.15, 0.2) is 24.4 Å². The van der Waals surface area contributed by atoms with E-state index in [9.17, 15) is 9.59 Å². The van der Waals surface area contributed by atoms with Gasteiger partial charge in [0.2, 0.25) is 0 Å². The smallest absolute Gasteiger partial charge is 0.410 e. The van der Waals surface area contributed by atoms with Crippen molar-refractivity contribution in [3.8, 4) is 0 Å². The molecule has 1 N–H and O–H groups in total. The molecule has 0 aliphatic carbocycles. The van der Waals surface area contributed by atoms with E-state index in [1.165, 1.54) is 4.90 Å². The monoisotopic (exact) mass is 336 g/mol. The number of amides is 3. The standard InChI is InChI=1S/C17H28N4O3/c1-13(14-9-7-8-10-18-14)21(6)15(22)19-11-12-20(5)16(23)24-17(2,3)4/h7-10,13H,11-12H2,1-6H3,(H,19,22)/t13-/m0/s1. The molecule has 7 heteroatoms. The minimum atomic E-state index is -0.535. The lowest BCUT2D eigenvalue weighted by atomic mass is 10.2. The molecule has 0 fully saturated rings. The van der Waals surface area contributed by atoms with Crippen LogP contribution in [-0.2, 0) is 4.74 Å². The Morgan fingerprint density at radius 2 is 1.96 bits per heavy atom. The fraction of sp³-hybridized carbons (Fsp3) is 0.588. The lowest BCUT2D eigenvalue weighted by molar-refractivity contribution is 0.0300. The minimum absolute atomic E-state index is 0.144. The number of carbonyl (C=O) groups excluding carboxylic acids is 2. The van der Waals surface area contributed by atoms with Crippen LogP contribution in [0.25, 0.3) is 0 Å². The number of pyridine rings is 1. The lowest BCUT2D eigenvalue weighted by Gasteiger charge is -2.26. The normalized spacial score (nSPS) is 12.2. The Balaban J connectivity index is 2.41. The van der Waals surface area contributed by atoms with Crippen molar-refractivity contribution in [2.24, 2.45) is 0 Å². The second-order valence-corrected chi connectivity index (χ2v) is 6.68. The van der Waals surface area contributed by atoms with Gasteiger partial charge in [-0.2, -0.15) is 0 Å². The van der Waals surface area contributed by atoms with Crippen LogP contribution in [0.4, 0.5) is 9.59 Å². The Kier molecular flexibility index (Phi) is 7.00. The summed E-state index contributed by atoms with van der Waals surface area (Å²) in [6, 6.07) is 5.24. The molecule has 0 spiro atoms. The van der Waals surface area contributed by atoms with Gasteiger partial charge < -0.3 is 19.9 Å². The molecule has 24 heavy (non-hydrogen) atoms. The van der Waals surface area contributed by atoms with Gasteiger partial charge >= 0.3 is 12.1 Å². The number of hydrogen-bond acceptors (Lipinski definition) is 4. The predicted molar refractivity (Wildman–Crippen MR) is 92.7 cm³/mol. The summed E-state index contributed by atoms with van der Waals surface area (Å²) in [6.45, 7) is 8.06. The van der Waals surface area contributed by atoms with Crippen molar-refractivity contribution in [2.45, 2.75) is 39.3 Å². The van der Waals surface area contributed by atoms with Gasteiger partial charge in [-0.05, 0) is 39.8 Å². The second-order valence-electron chi connectivity index (χ2n) is 6.68. The highest BCUT2D eigenvalue weighted by Crippen LogP contribution is 2.15. The zero-order chi connectivity index (χ0) is 18.3. The predicted octanol–water partition coefficient (Wildman–Crippen LogP) is 2.65. The molecule has 1 rings (SSSR count). The molecule has 134 valence electrons. The third-order valence-electron chi connectivity index (χ3n) is 3.45. The van der Waals surface area contributed by atoms with Crippen molar-refractivity contribution in [3.05, 3.63) is 30.1 Å². The average molecular weight is 336 g/mol. The minimum Gasteiger partial charge on any atom is -0.444 e. The number of nitrogens with one attached hydrogen (secondary N) is 1. The third kappa shape index (κ3) is 6.44. The maximum Gasteiger partial charge on any atom is 0.410 e. The maximum absolute atomic E-state index is 12.2. The molecule has 0 radical (unpaired) electrons. The van der Waals surface area contributed by atoms with E-state index in [0.717, 1.165) is 5.69 Å². The molecule has 0 aromatic carbocycles. The first-order valence-corrected chi connectivity index (χ1v) is 7.97. The number of nitrogens with zero attached hydrogens (tertiary/aromatic N) is 3. The number of ether oxygens (including phenoxy) is 1. The zero-order valence-corrected chi connectivity index (χ0v) is 15.4. The second kappa shape index (κ2) is 8.52. The Labute approximate surface area is 144 Å². The van der Waals surface area contributed by atoms with Crippen LogP contribution in [0.1, 0.15) is 39.4 Å². The molecule has 1 aromatic rings. The molecule has 0 saturated heterocycles. The SMILES string of the molecule is C[C@@H](c1ccccn1)N(C)C(=O)NCCN(C)C(=O)OC(C)(C)C. The fourth-order valence-corrected chi connectivity index (χ4v) is 1.88. The van der Waals surface area contributed by atoms with Gasteiger partial charge in [0, 0.05) is 33.4 Å². The van der Waals surface area contributed by atoms with Gasteiger partial charge in [-0.3, -0.25) is 4.98 Å². The first-order chi connectivity index (χ1) is 11.1. The Morgan fingerprint density at radius 1 is 1.29 bits per heavy atom. The quantitative estimate of drug-likeness (QED) is 0.897. The van der Waals surface area contributed by atoms with Crippen LogP contribution in [-0.4, -0.2) is 59.7 Å². The van der Waals surface area contributed by atoms with Gasteiger partial charge in [-0.1, -0.05) is 6.07 Å². The highest BCUT2D eigenvalue weighted by Gasteiger charge is 2.20. The molecular formula is C17H28N4O3. The number of carbonyl (C=O) groups is 2. The highest BCUT2D eigenvalue weighted by molar-refractivity contribution is 5.74. The summed E-state index contributed by atoms with van der Waals surface area (Å²) in [5.41, 5.74) is 0.286. The summed E-state index contributed by atoms with van der Waals surface area (Å²) >= 11 is 0. The molecule has 0 bridgehead atoms. The van der Waals surface area contributed by atoms with Crippen LogP contribution in [0.5, 0.6) is 0 Å². The van der Waals surface area contributed by atoms with E-state index in [-0.39, 0.29) is 12.1 Å². The van der Waals surface area contributed by atoms with Crippen molar-refractivity contribution < 1.29 is 14.3 Å².